The molecule has 0 aliphatic heterocycles. The minimum absolute atomic E-state index is 0.100. The molecule has 0 radical (unpaired) electrons. The molecular weight excluding hydrogens is 264 g/mol. The van der Waals surface area contributed by atoms with Crippen LogP contribution >= 0.6 is 0 Å². The van der Waals surface area contributed by atoms with Crippen LogP contribution < -0.4 is 11.1 Å². The third-order valence-corrected chi connectivity index (χ3v) is 4.11. The molecule has 0 bridgehead atoms. The number of aromatic nitrogens is 2. The highest BCUT2D eigenvalue weighted by atomic mass is 16.2. The Balaban J connectivity index is 2.21. The molecule has 1 amide bonds. The summed E-state index contributed by atoms with van der Waals surface area (Å²) < 4.78 is 0. The van der Waals surface area contributed by atoms with E-state index in [1.165, 1.54) is 0 Å². The van der Waals surface area contributed by atoms with Crippen LogP contribution in [0.3, 0.4) is 0 Å². The van der Waals surface area contributed by atoms with Gasteiger partial charge >= 0.3 is 0 Å². The van der Waals surface area contributed by atoms with Crippen LogP contribution in [0, 0.1) is 5.41 Å². The van der Waals surface area contributed by atoms with Gasteiger partial charge in [0.1, 0.15) is 0 Å². The van der Waals surface area contributed by atoms with Crippen LogP contribution in [0.15, 0.2) is 36.5 Å². The quantitative estimate of drug-likeness (QED) is 0.808. The van der Waals surface area contributed by atoms with Gasteiger partial charge in [-0.1, -0.05) is 12.1 Å². The maximum atomic E-state index is 12.5. The van der Waals surface area contributed by atoms with Gasteiger partial charge in [0.25, 0.3) is 0 Å². The van der Waals surface area contributed by atoms with E-state index >= 15 is 0 Å². The second-order valence-corrected chi connectivity index (χ2v) is 6.35. The molecule has 0 fully saturated rings. The summed E-state index contributed by atoms with van der Waals surface area (Å²) in [6.07, 6.45) is 1.70. The van der Waals surface area contributed by atoms with Crippen LogP contribution in [0.4, 0.5) is 5.69 Å². The molecule has 0 saturated heterocycles. The van der Waals surface area contributed by atoms with E-state index in [0.29, 0.717) is 0 Å². The number of benzene rings is 1. The molecule has 0 aliphatic carbocycles. The Bertz CT molecular complexity index is 624. The molecule has 2 rings (SSSR count). The van der Waals surface area contributed by atoms with Crippen molar-refractivity contribution in [1.82, 2.24) is 10.2 Å². The van der Waals surface area contributed by atoms with Crippen molar-refractivity contribution in [2.45, 2.75) is 33.2 Å². The Kier molecular flexibility index (Phi) is 3.87. The number of hydrogen-bond donors (Lipinski definition) is 3. The van der Waals surface area contributed by atoms with Gasteiger partial charge in [0.05, 0.1) is 11.1 Å². The topological polar surface area (TPSA) is 83.8 Å². The smallest absolute Gasteiger partial charge is 0.231 e. The number of nitrogens with two attached hydrogens (primary N) is 1. The first-order chi connectivity index (χ1) is 9.72. The molecule has 0 aliphatic rings. The van der Waals surface area contributed by atoms with Gasteiger partial charge in [0.2, 0.25) is 5.91 Å². The molecule has 0 unspecified atom stereocenters. The Labute approximate surface area is 124 Å². The lowest BCUT2D eigenvalue weighted by molar-refractivity contribution is -0.126. The van der Waals surface area contributed by atoms with Crippen LogP contribution in [0.25, 0.3) is 11.3 Å². The zero-order valence-electron chi connectivity index (χ0n) is 12.9. The minimum Gasteiger partial charge on any atom is -0.326 e. The third kappa shape index (κ3) is 3.13. The number of carbonyl (C=O) groups excluding carboxylic acids is 1. The summed E-state index contributed by atoms with van der Waals surface area (Å²) in [6, 6.07) is 9.50. The normalized spacial score (nSPS) is 12.2. The van der Waals surface area contributed by atoms with Gasteiger partial charge in [-0.2, -0.15) is 5.10 Å². The van der Waals surface area contributed by atoms with E-state index in [1.54, 1.807) is 6.20 Å². The van der Waals surface area contributed by atoms with Crippen molar-refractivity contribution >= 4 is 11.6 Å². The van der Waals surface area contributed by atoms with Gasteiger partial charge in [-0.05, 0) is 45.9 Å². The first-order valence-corrected chi connectivity index (χ1v) is 6.92. The van der Waals surface area contributed by atoms with E-state index < -0.39 is 11.0 Å². The Morgan fingerprint density at radius 1 is 1.24 bits per heavy atom. The standard InChI is InChI=1S/C16H22N4O/c1-15(2,16(3,4)17)14(21)19-12-7-5-6-11(10-12)13-8-9-18-20-13/h5-10H,17H2,1-4H3,(H,18,20)(H,19,21). The second kappa shape index (κ2) is 5.33. The number of carbonyl (C=O) groups is 1. The summed E-state index contributed by atoms with van der Waals surface area (Å²) >= 11 is 0. The second-order valence-electron chi connectivity index (χ2n) is 6.35. The Morgan fingerprint density at radius 3 is 2.52 bits per heavy atom. The zero-order chi connectivity index (χ0) is 15.7. The van der Waals surface area contributed by atoms with Gasteiger partial charge < -0.3 is 11.1 Å². The number of amides is 1. The van der Waals surface area contributed by atoms with Gasteiger partial charge in [-0.25, -0.2) is 0 Å². The fourth-order valence-corrected chi connectivity index (χ4v) is 1.76. The Hall–Kier alpha value is -2.14. The summed E-state index contributed by atoms with van der Waals surface area (Å²) in [7, 11) is 0. The van der Waals surface area contributed by atoms with Gasteiger partial charge in [-0.15, -0.1) is 0 Å². The fraction of sp³-hybridized carbons (Fsp3) is 0.375. The molecule has 21 heavy (non-hydrogen) atoms. The van der Waals surface area contributed by atoms with Crippen molar-refractivity contribution in [3.05, 3.63) is 36.5 Å². The van der Waals surface area contributed by atoms with Crippen molar-refractivity contribution in [3.8, 4) is 11.3 Å². The first kappa shape index (κ1) is 15.3. The highest BCUT2D eigenvalue weighted by Gasteiger charge is 2.40. The van der Waals surface area contributed by atoms with E-state index in [1.807, 2.05) is 58.0 Å². The van der Waals surface area contributed by atoms with Crippen molar-refractivity contribution in [1.29, 1.82) is 0 Å². The number of H-pyrrole nitrogens is 1. The molecule has 2 aromatic rings. The van der Waals surface area contributed by atoms with Crippen LogP contribution in [0.5, 0.6) is 0 Å². The number of nitrogens with zero attached hydrogens (tertiary/aromatic N) is 1. The Morgan fingerprint density at radius 2 is 1.95 bits per heavy atom. The SMILES string of the molecule is CC(C)(N)C(C)(C)C(=O)Nc1cccc(-c2ccn[nH]2)c1. The molecule has 0 spiro atoms. The van der Waals surface area contributed by atoms with Crippen LogP contribution in [-0.4, -0.2) is 21.6 Å². The summed E-state index contributed by atoms with van der Waals surface area (Å²) in [5.41, 5.74) is 7.42. The fourth-order valence-electron chi connectivity index (χ4n) is 1.76. The highest BCUT2D eigenvalue weighted by molar-refractivity contribution is 5.96. The molecule has 0 atom stereocenters. The number of hydrogen-bond acceptors (Lipinski definition) is 3. The predicted octanol–water partition coefficient (Wildman–Crippen LogP) is 2.78. The minimum atomic E-state index is -0.684. The largest absolute Gasteiger partial charge is 0.326 e. The predicted molar refractivity (Wildman–Crippen MR) is 84.7 cm³/mol. The molecule has 5 heteroatoms. The summed E-state index contributed by atoms with van der Waals surface area (Å²) in [6.45, 7) is 7.41. The summed E-state index contributed by atoms with van der Waals surface area (Å²) in [5, 5.41) is 9.78. The third-order valence-electron chi connectivity index (χ3n) is 4.11. The van der Waals surface area contributed by atoms with E-state index in [9.17, 15) is 4.79 Å². The maximum absolute atomic E-state index is 12.5. The molecule has 0 saturated carbocycles. The average molecular weight is 286 g/mol. The molecule has 4 N–H and O–H groups in total. The monoisotopic (exact) mass is 286 g/mol. The molecular formula is C16H22N4O. The maximum Gasteiger partial charge on any atom is 0.231 e. The lowest BCUT2D eigenvalue weighted by atomic mass is 9.74. The van der Waals surface area contributed by atoms with Gasteiger partial charge in [0, 0.05) is 23.0 Å². The van der Waals surface area contributed by atoms with Crippen molar-refractivity contribution in [2.24, 2.45) is 11.1 Å². The first-order valence-electron chi connectivity index (χ1n) is 6.92. The number of anilines is 1. The molecule has 112 valence electrons. The van der Waals surface area contributed by atoms with Crippen LogP contribution in [0.2, 0.25) is 0 Å². The van der Waals surface area contributed by atoms with Gasteiger partial charge in [-0.3, -0.25) is 9.89 Å². The van der Waals surface area contributed by atoms with E-state index in [2.05, 4.69) is 15.5 Å². The molecule has 1 heterocycles. The van der Waals surface area contributed by atoms with Crippen molar-refractivity contribution in [3.63, 3.8) is 0 Å². The molecule has 5 nitrogen and oxygen atoms in total. The summed E-state index contributed by atoms with van der Waals surface area (Å²) in [5.74, 6) is -0.100. The van der Waals surface area contributed by atoms with Gasteiger partial charge in [0.15, 0.2) is 0 Å². The zero-order valence-corrected chi connectivity index (χ0v) is 12.9. The average Bonchev–Trinajstić information content (AvgIpc) is 2.91. The molecule has 1 aromatic carbocycles. The highest BCUT2D eigenvalue weighted by Crippen LogP contribution is 2.30. The number of rotatable bonds is 4. The molecule has 1 aromatic heterocycles. The summed E-state index contributed by atoms with van der Waals surface area (Å²) in [4.78, 5) is 12.5. The van der Waals surface area contributed by atoms with Crippen molar-refractivity contribution in [2.75, 3.05) is 5.32 Å². The van der Waals surface area contributed by atoms with E-state index in [0.717, 1.165) is 16.9 Å². The number of aromatic amines is 1. The lowest BCUT2D eigenvalue weighted by Crippen LogP contribution is -2.53. The van der Waals surface area contributed by atoms with Crippen molar-refractivity contribution < 1.29 is 4.79 Å². The number of nitrogens with one attached hydrogen (secondary N) is 2. The van der Waals surface area contributed by atoms with Crippen LogP contribution in [-0.2, 0) is 4.79 Å². The van der Waals surface area contributed by atoms with E-state index in [4.69, 9.17) is 5.73 Å². The van der Waals surface area contributed by atoms with Crippen LogP contribution in [0.1, 0.15) is 27.7 Å². The lowest BCUT2D eigenvalue weighted by Gasteiger charge is -2.36. The van der Waals surface area contributed by atoms with E-state index in [-0.39, 0.29) is 5.91 Å².